The third-order valence-corrected chi connectivity index (χ3v) is 3.58. The molecule has 0 radical (unpaired) electrons. The van der Waals surface area contributed by atoms with Crippen LogP contribution >= 0.6 is 0 Å². The Labute approximate surface area is 142 Å². The van der Waals surface area contributed by atoms with Gasteiger partial charge < -0.3 is 9.67 Å². The molecule has 0 unspecified atom stereocenters. The van der Waals surface area contributed by atoms with E-state index in [0.29, 0.717) is 5.69 Å². The second-order valence-electron chi connectivity index (χ2n) is 5.19. The average Bonchev–Trinajstić information content (AvgIpc) is 3.09. The maximum atomic E-state index is 10.9. The summed E-state index contributed by atoms with van der Waals surface area (Å²) in [6.45, 7) is 0. The van der Waals surface area contributed by atoms with Crippen molar-refractivity contribution in [3.63, 3.8) is 0 Å². The van der Waals surface area contributed by atoms with Gasteiger partial charge in [-0.25, -0.2) is 4.79 Å². The summed E-state index contributed by atoms with van der Waals surface area (Å²) in [5.41, 5.74) is 2.43. The molecule has 2 aromatic carbocycles. The molecule has 0 saturated carbocycles. The summed E-state index contributed by atoms with van der Waals surface area (Å²) in [5, 5.41) is 19.6. The van der Waals surface area contributed by atoms with Crippen LogP contribution < -0.4 is 0 Å². The van der Waals surface area contributed by atoms with E-state index in [1.165, 1.54) is 24.3 Å². The normalized spacial score (nSPS) is 10.9. The van der Waals surface area contributed by atoms with Gasteiger partial charge in [0.15, 0.2) is 0 Å². The van der Waals surface area contributed by atoms with Crippen LogP contribution in [0.25, 0.3) is 5.69 Å². The van der Waals surface area contributed by atoms with Gasteiger partial charge >= 0.3 is 5.97 Å². The van der Waals surface area contributed by atoms with Crippen molar-refractivity contribution in [3.8, 4) is 5.69 Å². The summed E-state index contributed by atoms with van der Waals surface area (Å²) in [4.78, 5) is 25.4. The molecular formula is C18H13N3O4. The lowest BCUT2D eigenvalue weighted by Gasteiger charge is -2.06. The number of hydrogen-bond donors (Lipinski definition) is 1. The molecule has 0 saturated heterocycles. The number of rotatable bonds is 5. The van der Waals surface area contributed by atoms with Gasteiger partial charge in [-0.1, -0.05) is 0 Å². The van der Waals surface area contributed by atoms with Crippen molar-refractivity contribution in [3.05, 3.63) is 88.2 Å². The number of nitrogens with zero attached hydrogens (tertiary/aromatic N) is 3. The van der Waals surface area contributed by atoms with E-state index in [0.717, 1.165) is 11.4 Å². The lowest BCUT2D eigenvalue weighted by Crippen LogP contribution is -2.00. The van der Waals surface area contributed by atoms with Crippen molar-refractivity contribution in [2.45, 2.75) is 0 Å². The minimum atomic E-state index is -0.973. The van der Waals surface area contributed by atoms with Crippen molar-refractivity contribution >= 4 is 23.6 Å². The Morgan fingerprint density at radius 2 is 1.76 bits per heavy atom. The average molecular weight is 335 g/mol. The van der Waals surface area contributed by atoms with E-state index in [2.05, 4.69) is 4.99 Å². The number of nitro benzene ring substituents is 1. The monoisotopic (exact) mass is 335 g/mol. The maximum Gasteiger partial charge on any atom is 0.335 e. The van der Waals surface area contributed by atoms with Crippen LogP contribution in [0.5, 0.6) is 0 Å². The lowest BCUT2D eigenvalue weighted by molar-refractivity contribution is -0.384. The molecule has 7 heteroatoms. The molecule has 1 heterocycles. The van der Waals surface area contributed by atoms with Gasteiger partial charge in [0.1, 0.15) is 0 Å². The number of nitro groups is 1. The van der Waals surface area contributed by atoms with Crippen LogP contribution in [-0.2, 0) is 0 Å². The van der Waals surface area contributed by atoms with Gasteiger partial charge in [0.25, 0.3) is 5.69 Å². The summed E-state index contributed by atoms with van der Waals surface area (Å²) in [7, 11) is 0. The van der Waals surface area contributed by atoms with Gasteiger partial charge in [-0.2, -0.15) is 0 Å². The zero-order chi connectivity index (χ0) is 17.8. The van der Waals surface area contributed by atoms with Gasteiger partial charge in [-0.3, -0.25) is 15.1 Å². The molecule has 1 aromatic heterocycles. The smallest absolute Gasteiger partial charge is 0.335 e. The summed E-state index contributed by atoms with van der Waals surface area (Å²) in [5.74, 6) is -0.973. The van der Waals surface area contributed by atoms with Gasteiger partial charge in [0.05, 0.1) is 28.1 Å². The van der Waals surface area contributed by atoms with Crippen molar-refractivity contribution in [2.24, 2.45) is 4.99 Å². The van der Waals surface area contributed by atoms with Gasteiger partial charge in [0, 0.05) is 24.0 Å². The van der Waals surface area contributed by atoms with E-state index in [4.69, 9.17) is 5.11 Å². The molecule has 0 aliphatic heterocycles. The van der Waals surface area contributed by atoms with Crippen molar-refractivity contribution in [2.75, 3.05) is 0 Å². The Morgan fingerprint density at radius 3 is 2.36 bits per heavy atom. The fourth-order valence-corrected chi connectivity index (χ4v) is 2.30. The molecule has 0 amide bonds. The molecule has 0 spiro atoms. The largest absolute Gasteiger partial charge is 0.478 e. The first-order valence-corrected chi connectivity index (χ1v) is 7.34. The molecule has 3 aromatic rings. The molecule has 124 valence electrons. The highest BCUT2D eigenvalue weighted by molar-refractivity contribution is 5.88. The summed E-state index contributed by atoms with van der Waals surface area (Å²) >= 11 is 0. The first kappa shape index (κ1) is 16.1. The Hall–Kier alpha value is -3.74. The van der Waals surface area contributed by atoms with Crippen molar-refractivity contribution < 1.29 is 14.8 Å². The molecule has 0 bridgehead atoms. The van der Waals surface area contributed by atoms with E-state index >= 15 is 0 Å². The third kappa shape index (κ3) is 3.61. The van der Waals surface area contributed by atoms with Gasteiger partial charge in [-0.05, 0) is 48.5 Å². The number of carbonyl (C=O) groups is 1. The number of hydrogen-bond acceptors (Lipinski definition) is 4. The number of carboxylic acid groups (broad SMARTS) is 1. The molecule has 0 aliphatic carbocycles. The van der Waals surface area contributed by atoms with Crippen LogP contribution in [0.3, 0.4) is 0 Å². The molecule has 1 N–H and O–H groups in total. The fraction of sp³-hybridized carbons (Fsp3) is 0. The molecule has 0 aliphatic rings. The minimum absolute atomic E-state index is 0.0147. The fourth-order valence-electron chi connectivity index (χ4n) is 2.30. The van der Waals surface area contributed by atoms with Gasteiger partial charge in [-0.15, -0.1) is 0 Å². The second-order valence-corrected chi connectivity index (χ2v) is 5.19. The first-order valence-electron chi connectivity index (χ1n) is 7.34. The zero-order valence-electron chi connectivity index (χ0n) is 12.9. The Morgan fingerprint density at radius 1 is 1.08 bits per heavy atom. The van der Waals surface area contributed by atoms with Crippen LogP contribution in [0, 0.1) is 10.1 Å². The number of aromatic nitrogens is 1. The molecule has 0 atom stereocenters. The highest BCUT2D eigenvalue weighted by Crippen LogP contribution is 2.18. The van der Waals surface area contributed by atoms with Crippen molar-refractivity contribution in [1.82, 2.24) is 4.57 Å². The predicted octanol–water partition coefficient (Wildman–Crippen LogP) is 3.83. The van der Waals surface area contributed by atoms with Crippen LogP contribution in [0.2, 0.25) is 0 Å². The number of carboxylic acids is 1. The highest BCUT2D eigenvalue weighted by atomic mass is 16.6. The maximum absolute atomic E-state index is 10.9. The van der Waals surface area contributed by atoms with Crippen LogP contribution in [-0.4, -0.2) is 26.8 Å². The molecular weight excluding hydrogens is 322 g/mol. The van der Waals surface area contributed by atoms with Crippen LogP contribution in [0.4, 0.5) is 11.4 Å². The van der Waals surface area contributed by atoms with Gasteiger partial charge in [0.2, 0.25) is 0 Å². The molecule has 7 nitrogen and oxygen atoms in total. The topological polar surface area (TPSA) is 97.7 Å². The predicted molar refractivity (Wildman–Crippen MR) is 93.1 cm³/mol. The number of non-ortho nitro benzene ring substituents is 1. The van der Waals surface area contributed by atoms with E-state index in [1.807, 2.05) is 22.9 Å². The Kier molecular flexibility index (Phi) is 4.38. The number of benzene rings is 2. The van der Waals surface area contributed by atoms with Crippen LogP contribution in [0.15, 0.2) is 71.9 Å². The van der Waals surface area contributed by atoms with E-state index in [1.54, 1.807) is 30.5 Å². The number of aromatic carboxylic acids is 1. The quantitative estimate of drug-likeness (QED) is 0.435. The summed E-state index contributed by atoms with van der Waals surface area (Å²) in [6, 6.07) is 16.2. The third-order valence-electron chi connectivity index (χ3n) is 3.58. The molecule has 3 rings (SSSR count). The standard InChI is InChI=1S/C18H13N3O4/c22-18(23)13-3-7-15(8-4-13)20-11-1-2-17(20)12-19-14-5-9-16(10-6-14)21(24)25/h1-12H,(H,22,23). The zero-order valence-corrected chi connectivity index (χ0v) is 12.9. The summed E-state index contributed by atoms with van der Waals surface area (Å²) in [6.07, 6.45) is 3.49. The molecule has 0 fully saturated rings. The van der Waals surface area contributed by atoms with E-state index < -0.39 is 10.9 Å². The second kappa shape index (κ2) is 6.79. The summed E-state index contributed by atoms with van der Waals surface area (Å²) < 4.78 is 1.86. The first-order chi connectivity index (χ1) is 12.0. The number of aliphatic imine (C=N–C) groups is 1. The Bertz CT molecular complexity index is 941. The molecule has 25 heavy (non-hydrogen) atoms. The van der Waals surface area contributed by atoms with Crippen molar-refractivity contribution in [1.29, 1.82) is 0 Å². The Balaban J connectivity index is 1.83. The van der Waals surface area contributed by atoms with E-state index in [-0.39, 0.29) is 11.3 Å². The lowest BCUT2D eigenvalue weighted by atomic mass is 10.2. The minimum Gasteiger partial charge on any atom is -0.478 e. The highest BCUT2D eigenvalue weighted by Gasteiger charge is 2.06. The van der Waals surface area contributed by atoms with Crippen LogP contribution in [0.1, 0.15) is 16.1 Å². The van der Waals surface area contributed by atoms with E-state index in [9.17, 15) is 14.9 Å². The SMILES string of the molecule is O=C(O)c1ccc(-n2cccc2C=Nc2ccc([N+](=O)[O-])cc2)cc1.